The molecule has 0 aromatic heterocycles. The van der Waals surface area contributed by atoms with Gasteiger partial charge in [-0.1, -0.05) is 36.0 Å². The maximum Gasteiger partial charge on any atom is 0.172 e. The molecule has 0 radical (unpaired) electrons. The van der Waals surface area contributed by atoms with Crippen LogP contribution >= 0.6 is 0 Å². The summed E-state index contributed by atoms with van der Waals surface area (Å²) in [4.78, 5) is 2.40. The van der Waals surface area contributed by atoms with Crippen LogP contribution in [-0.2, 0) is 4.74 Å². The standard InChI is InChI=1S/C18H20N2O2/c19-17-18(22-17)20-14-8-6-11(21)9-10(14)5-7-13-12-3-1-2-4-15(20)16(12)13/h1-7,10,13-14,16-18,21H,8-9,19H2/t10?,13?,14?,16?,17?,18-/m0/s1. The predicted molar refractivity (Wildman–Crippen MR) is 83.3 cm³/mol. The molecule has 3 N–H and O–H groups in total. The molecule has 1 saturated heterocycles. The first kappa shape index (κ1) is 12.7. The predicted octanol–water partition coefficient (Wildman–Crippen LogP) is 2.35. The number of allylic oxidation sites excluding steroid dienone is 7. The van der Waals surface area contributed by atoms with Gasteiger partial charge in [-0.15, -0.1) is 0 Å². The highest BCUT2D eigenvalue weighted by atomic mass is 16.6. The summed E-state index contributed by atoms with van der Waals surface area (Å²) < 4.78 is 5.64. The Kier molecular flexibility index (Phi) is 2.53. The molecule has 114 valence electrons. The topological polar surface area (TPSA) is 62.0 Å². The van der Waals surface area contributed by atoms with Crippen molar-refractivity contribution in [2.45, 2.75) is 31.3 Å². The first-order valence-electron chi connectivity index (χ1n) is 8.08. The van der Waals surface area contributed by atoms with Gasteiger partial charge < -0.3 is 20.5 Å². The fourth-order valence-electron chi connectivity index (χ4n) is 4.30. The second-order valence-electron chi connectivity index (χ2n) is 6.80. The maximum absolute atomic E-state index is 9.93. The lowest BCUT2D eigenvalue weighted by atomic mass is 9.84. The number of rotatable bonds is 1. The number of ether oxygens (including phenoxy) is 1. The lowest BCUT2D eigenvalue weighted by Crippen LogP contribution is -2.45. The van der Waals surface area contributed by atoms with Crippen LogP contribution in [0.1, 0.15) is 12.8 Å². The zero-order chi connectivity index (χ0) is 14.8. The molecule has 6 atom stereocenters. The summed E-state index contributed by atoms with van der Waals surface area (Å²) in [5.74, 6) is 1.80. The van der Waals surface area contributed by atoms with E-state index in [-0.39, 0.29) is 12.5 Å². The summed E-state index contributed by atoms with van der Waals surface area (Å²) in [5.41, 5.74) is 8.81. The van der Waals surface area contributed by atoms with Crippen molar-refractivity contribution in [2.75, 3.05) is 0 Å². The molecule has 5 rings (SSSR count). The Bertz CT molecular complexity index is 673. The van der Waals surface area contributed by atoms with E-state index >= 15 is 0 Å². The second-order valence-corrected chi connectivity index (χ2v) is 6.80. The fraction of sp³-hybridized carbons (Fsp3) is 0.444. The third-order valence-electron chi connectivity index (χ3n) is 5.51. The fourth-order valence-corrected chi connectivity index (χ4v) is 4.30. The Hall–Kier alpha value is -1.78. The zero-order valence-electron chi connectivity index (χ0n) is 12.3. The second kappa shape index (κ2) is 4.37. The first-order chi connectivity index (χ1) is 10.7. The van der Waals surface area contributed by atoms with Crippen molar-refractivity contribution >= 4 is 0 Å². The van der Waals surface area contributed by atoms with Crippen LogP contribution in [-0.4, -0.2) is 28.5 Å². The van der Waals surface area contributed by atoms with Crippen LogP contribution in [0.25, 0.3) is 0 Å². The van der Waals surface area contributed by atoms with Crippen molar-refractivity contribution < 1.29 is 9.84 Å². The molecule has 4 nitrogen and oxygen atoms in total. The molecule has 0 aromatic carbocycles. The third kappa shape index (κ3) is 1.77. The molecule has 2 fully saturated rings. The minimum atomic E-state index is -0.193. The van der Waals surface area contributed by atoms with Gasteiger partial charge >= 0.3 is 0 Å². The van der Waals surface area contributed by atoms with Crippen molar-refractivity contribution in [3.8, 4) is 0 Å². The molecule has 22 heavy (non-hydrogen) atoms. The molecule has 2 aliphatic heterocycles. The number of aliphatic hydroxyl groups excluding tert-OH is 1. The first-order valence-corrected chi connectivity index (χ1v) is 8.08. The molecule has 3 aliphatic carbocycles. The summed E-state index contributed by atoms with van der Waals surface area (Å²) in [5, 5.41) is 9.93. The van der Waals surface area contributed by atoms with Gasteiger partial charge in [-0.2, -0.15) is 0 Å². The average Bonchev–Trinajstić information content (AvgIpc) is 3.35. The van der Waals surface area contributed by atoms with Crippen LogP contribution < -0.4 is 5.73 Å². The van der Waals surface area contributed by atoms with Gasteiger partial charge in [0.05, 0.1) is 5.76 Å². The van der Waals surface area contributed by atoms with Gasteiger partial charge in [0.15, 0.2) is 12.5 Å². The lowest BCUT2D eigenvalue weighted by molar-refractivity contribution is 0.116. The van der Waals surface area contributed by atoms with E-state index in [9.17, 15) is 5.11 Å². The minimum absolute atomic E-state index is 0.0205. The van der Waals surface area contributed by atoms with Crippen molar-refractivity contribution in [1.82, 2.24) is 4.90 Å². The zero-order valence-corrected chi connectivity index (χ0v) is 12.3. The van der Waals surface area contributed by atoms with E-state index in [0.29, 0.717) is 36.0 Å². The molecule has 5 aliphatic rings. The average molecular weight is 296 g/mol. The van der Waals surface area contributed by atoms with Gasteiger partial charge in [-0.25, -0.2) is 0 Å². The van der Waals surface area contributed by atoms with Gasteiger partial charge in [0.25, 0.3) is 0 Å². The summed E-state index contributed by atoms with van der Waals surface area (Å²) in [6.07, 6.45) is 16.6. The molecule has 0 amide bonds. The highest BCUT2D eigenvalue weighted by Gasteiger charge is 2.54. The van der Waals surface area contributed by atoms with Gasteiger partial charge in [-0.05, 0) is 18.6 Å². The van der Waals surface area contributed by atoms with Gasteiger partial charge in [-0.3, -0.25) is 0 Å². The number of aliphatic hydroxyl groups is 1. The van der Waals surface area contributed by atoms with Gasteiger partial charge in [0.1, 0.15) is 0 Å². The monoisotopic (exact) mass is 296 g/mol. The van der Waals surface area contributed by atoms with Crippen molar-refractivity contribution in [2.24, 2.45) is 23.5 Å². The Morgan fingerprint density at radius 3 is 2.86 bits per heavy atom. The molecule has 0 spiro atoms. The summed E-state index contributed by atoms with van der Waals surface area (Å²) >= 11 is 0. The molecular weight excluding hydrogens is 276 g/mol. The van der Waals surface area contributed by atoms with Crippen LogP contribution in [0.5, 0.6) is 0 Å². The Labute approximate surface area is 129 Å². The molecule has 1 saturated carbocycles. The van der Waals surface area contributed by atoms with Crippen LogP contribution in [0.15, 0.2) is 59.6 Å². The lowest BCUT2D eigenvalue weighted by Gasteiger charge is -2.40. The number of epoxide rings is 1. The van der Waals surface area contributed by atoms with E-state index in [1.165, 1.54) is 11.3 Å². The van der Waals surface area contributed by atoms with E-state index in [1.807, 2.05) is 6.08 Å². The summed E-state index contributed by atoms with van der Waals surface area (Å²) in [6, 6.07) is 0.311. The third-order valence-corrected chi connectivity index (χ3v) is 5.51. The van der Waals surface area contributed by atoms with Crippen LogP contribution in [0.2, 0.25) is 0 Å². The Morgan fingerprint density at radius 2 is 2.05 bits per heavy atom. The van der Waals surface area contributed by atoms with E-state index in [1.54, 1.807) is 0 Å². The van der Waals surface area contributed by atoms with E-state index in [4.69, 9.17) is 10.5 Å². The number of hydrogen-bond donors (Lipinski definition) is 2. The minimum Gasteiger partial charge on any atom is -0.513 e. The molecule has 0 bridgehead atoms. The number of nitrogens with two attached hydrogens (primary N) is 1. The van der Waals surface area contributed by atoms with Crippen LogP contribution in [0.3, 0.4) is 0 Å². The number of fused-ring (bicyclic) bond motifs is 2. The SMILES string of the molecule is NC1O[C@@H]1N1C2=CC=CC=C3C(C=CC4CC(O)=CCC41)C32. The summed E-state index contributed by atoms with van der Waals surface area (Å²) in [7, 11) is 0. The number of hydrogen-bond acceptors (Lipinski definition) is 4. The van der Waals surface area contributed by atoms with Gasteiger partial charge in [0.2, 0.25) is 0 Å². The van der Waals surface area contributed by atoms with E-state index in [0.717, 1.165) is 6.42 Å². The van der Waals surface area contributed by atoms with Crippen molar-refractivity contribution in [1.29, 1.82) is 0 Å². The highest BCUT2D eigenvalue weighted by molar-refractivity contribution is 5.49. The smallest absolute Gasteiger partial charge is 0.172 e. The van der Waals surface area contributed by atoms with Crippen molar-refractivity contribution in [3.63, 3.8) is 0 Å². The van der Waals surface area contributed by atoms with Crippen LogP contribution in [0, 0.1) is 17.8 Å². The quantitative estimate of drug-likeness (QED) is 0.576. The molecule has 5 unspecified atom stereocenters. The van der Waals surface area contributed by atoms with E-state index < -0.39 is 0 Å². The molecule has 2 heterocycles. The maximum atomic E-state index is 9.93. The normalized spacial score (nSPS) is 44.6. The van der Waals surface area contributed by atoms with Crippen LogP contribution in [0.4, 0.5) is 0 Å². The molecule has 0 aromatic rings. The molecule has 4 heteroatoms. The van der Waals surface area contributed by atoms with Gasteiger partial charge in [0, 0.05) is 35.9 Å². The number of nitrogens with zero attached hydrogens (tertiary/aromatic N) is 1. The van der Waals surface area contributed by atoms with Crippen molar-refractivity contribution in [3.05, 3.63) is 59.6 Å². The summed E-state index contributed by atoms with van der Waals surface area (Å²) in [6.45, 7) is 0. The largest absolute Gasteiger partial charge is 0.513 e. The van der Waals surface area contributed by atoms with E-state index in [2.05, 4.69) is 41.4 Å². The highest BCUT2D eigenvalue weighted by Crippen LogP contribution is 2.56. The Morgan fingerprint density at radius 1 is 1.23 bits per heavy atom. The Balaban J connectivity index is 1.61. The molecular formula is C18H20N2O2.